The second-order valence-electron chi connectivity index (χ2n) is 10.4. The molecule has 3 fully saturated rings. The number of allylic oxidation sites excluding steroid dienone is 2. The van der Waals surface area contributed by atoms with Gasteiger partial charge >= 0.3 is 5.97 Å². The van der Waals surface area contributed by atoms with Crippen LogP contribution >= 0.6 is 11.8 Å². The summed E-state index contributed by atoms with van der Waals surface area (Å²) in [6.07, 6.45) is 25.7. The fourth-order valence-corrected chi connectivity index (χ4v) is 7.14. The fourth-order valence-electron chi connectivity index (χ4n) is 5.99. The normalized spacial score (nSPS) is 27.2. The number of hydrogen-bond acceptors (Lipinski definition) is 3. The fraction of sp³-hybridized carbons (Fsp3) is 0.828. The van der Waals surface area contributed by atoms with Gasteiger partial charge in [0.15, 0.2) is 0 Å². The Morgan fingerprint density at radius 2 is 1.70 bits per heavy atom. The molecule has 0 aromatic rings. The van der Waals surface area contributed by atoms with Crippen molar-refractivity contribution in [2.45, 2.75) is 121 Å². The molecule has 2 aliphatic heterocycles. The molecule has 1 N–H and O–H groups in total. The van der Waals surface area contributed by atoms with E-state index in [4.69, 9.17) is 9.84 Å². The number of carboxylic acid groups (broad SMARTS) is 1. The maximum Gasteiger partial charge on any atom is 0.303 e. The Bertz CT molecular complexity index is 643. The number of aliphatic carboxylic acids is 1. The highest BCUT2D eigenvalue weighted by atomic mass is 32.2. The molecule has 2 bridgehead atoms. The van der Waals surface area contributed by atoms with E-state index in [1.165, 1.54) is 76.4 Å². The predicted octanol–water partition coefficient (Wildman–Crippen LogP) is 7.64. The van der Waals surface area contributed by atoms with E-state index in [0.29, 0.717) is 24.0 Å². The van der Waals surface area contributed by atoms with Gasteiger partial charge < -0.3 is 9.84 Å². The van der Waals surface area contributed by atoms with Crippen LogP contribution in [0.3, 0.4) is 0 Å². The molecule has 0 spiro atoms. The lowest BCUT2D eigenvalue weighted by Crippen LogP contribution is -2.28. The average molecular weight is 475 g/mol. The molecule has 0 aromatic heterocycles. The average Bonchev–Trinajstić information content (AvgIpc) is 3.42. The number of unbranched alkanes of at least 4 members (excludes halogenated alkanes) is 4. The van der Waals surface area contributed by atoms with Crippen molar-refractivity contribution in [2.24, 2.45) is 17.8 Å². The van der Waals surface area contributed by atoms with Crippen molar-refractivity contribution in [3.8, 4) is 11.8 Å². The largest absolute Gasteiger partial charge is 0.481 e. The first-order chi connectivity index (χ1) is 16.2. The minimum atomic E-state index is -0.698. The van der Waals surface area contributed by atoms with E-state index in [9.17, 15) is 4.79 Å². The van der Waals surface area contributed by atoms with Crippen LogP contribution in [0.25, 0.3) is 0 Å². The number of ether oxygens (including phenoxy) is 1. The molecule has 4 heteroatoms. The van der Waals surface area contributed by atoms with Crippen LogP contribution in [0.5, 0.6) is 0 Å². The topological polar surface area (TPSA) is 46.5 Å². The van der Waals surface area contributed by atoms with Gasteiger partial charge in [-0.3, -0.25) is 4.79 Å². The van der Waals surface area contributed by atoms with Crippen LogP contribution in [-0.4, -0.2) is 34.8 Å². The third kappa shape index (κ3) is 10.1. The number of rotatable bonds is 15. The van der Waals surface area contributed by atoms with E-state index in [1.54, 1.807) is 0 Å². The Hall–Kier alpha value is -0.920. The van der Waals surface area contributed by atoms with Gasteiger partial charge in [0.1, 0.15) is 0 Å². The molecule has 3 rings (SSSR count). The molecule has 0 radical (unpaired) electrons. The van der Waals surface area contributed by atoms with Gasteiger partial charge in [-0.05, 0) is 62.0 Å². The summed E-state index contributed by atoms with van der Waals surface area (Å²) in [6.45, 7) is 0. The third-order valence-electron chi connectivity index (χ3n) is 7.87. The Morgan fingerprint density at radius 1 is 0.909 bits per heavy atom. The van der Waals surface area contributed by atoms with Crippen molar-refractivity contribution in [3.05, 3.63) is 12.2 Å². The van der Waals surface area contributed by atoms with E-state index in [0.717, 1.165) is 43.8 Å². The van der Waals surface area contributed by atoms with Crippen molar-refractivity contribution < 1.29 is 14.6 Å². The van der Waals surface area contributed by atoms with Crippen LogP contribution in [0.1, 0.15) is 109 Å². The Labute approximate surface area is 206 Å². The third-order valence-corrected chi connectivity index (χ3v) is 8.99. The van der Waals surface area contributed by atoms with Gasteiger partial charge in [0.05, 0.1) is 12.2 Å². The van der Waals surface area contributed by atoms with Crippen molar-refractivity contribution in [1.29, 1.82) is 0 Å². The lowest BCUT2D eigenvalue weighted by atomic mass is 9.78. The molecule has 186 valence electrons. The zero-order valence-corrected chi connectivity index (χ0v) is 21.5. The summed E-state index contributed by atoms with van der Waals surface area (Å²) in [4.78, 5) is 10.6. The smallest absolute Gasteiger partial charge is 0.303 e. The molecule has 2 heterocycles. The lowest BCUT2D eigenvalue weighted by Gasteiger charge is -2.26. The number of carbonyl (C=O) groups is 1. The monoisotopic (exact) mass is 474 g/mol. The van der Waals surface area contributed by atoms with Gasteiger partial charge in [-0.1, -0.05) is 63.5 Å². The summed E-state index contributed by atoms with van der Waals surface area (Å²) >= 11 is 2.06. The van der Waals surface area contributed by atoms with E-state index < -0.39 is 5.97 Å². The Kier molecular flexibility index (Phi) is 12.8. The van der Waals surface area contributed by atoms with Gasteiger partial charge in [-0.25, -0.2) is 0 Å². The zero-order valence-electron chi connectivity index (χ0n) is 20.6. The molecule has 0 aromatic carbocycles. The highest BCUT2D eigenvalue weighted by molar-refractivity contribution is 7.99. The summed E-state index contributed by atoms with van der Waals surface area (Å²) < 4.78 is 6.24. The van der Waals surface area contributed by atoms with E-state index in [1.807, 2.05) is 0 Å². The molecular weight excluding hydrogens is 428 g/mol. The van der Waals surface area contributed by atoms with Gasteiger partial charge in [0, 0.05) is 25.0 Å². The molecule has 0 unspecified atom stereocenters. The van der Waals surface area contributed by atoms with Crippen LogP contribution in [-0.2, 0) is 9.53 Å². The predicted molar refractivity (Wildman–Crippen MR) is 139 cm³/mol. The first-order valence-electron chi connectivity index (χ1n) is 13.8. The SMILES string of the molecule is O=C(O)CCC/C=C\C[C@@H]1[C@@H](CSCCC#CCCCCCC2CCCCC2)[C@@H]2CC[C@H]1O2. The summed E-state index contributed by atoms with van der Waals surface area (Å²) in [6, 6.07) is 0. The molecule has 1 saturated carbocycles. The van der Waals surface area contributed by atoms with Crippen LogP contribution in [0, 0.1) is 29.6 Å². The summed E-state index contributed by atoms with van der Waals surface area (Å²) in [5.41, 5.74) is 0. The second kappa shape index (κ2) is 15.9. The van der Waals surface area contributed by atoms with Crippen molar-refractivity contribution in [1.82, 2.24) is 0 Å². The van der Waals surface area contributed by atoms with Crippen LogP contribution in [0.15, 0.2) is 12.2 Å². The molecule has 3 nitrogen and oxygen atoms in total. The van der Waals surface area contributed by atoms with Crippen LogP contribution in [0.2, 0.25) is 0 Å². The lowest BCUT2D eigenvalue weighted by molar-refractivity contribution is -0.137. The second-order valence-corrected chi connectivity index (χ2v) is 11.5. The molecule has 1 aliphatic carbocycles. The molecule has 4 atom stereocenters. The molecular formula is C29H46O3S. The molecule has 2 saturated heterocycles. The van der Waals surface area contributed by atoms with Crippen molar-refractivity contribution in [2.75, 3.05) is 11.5 Å². The van der Waals surface area contributed by atoms with E-state index in [2.05, 4.69) is 35.8 Å². The Morgan fingerprint density at radius 3 is 2.52 bits per heavy atom. The summed E-state index contributed by atoms with van der Waals surface area (Å²) in [7, 11) is 0. The van der Waals surface area contributed by atoms with Gasteiger partial charge in [0.25, 0.3) is 0 Å². The van der Waals surface area contributed by atoms with Crippen LogP contribution < -0.4 is 0 Å². The van der Waals surface area contributed by atoms with Crippen LogP contribution in [0.4, 0.5) is 0 Å². The number of hydrogen-bond donors (Lipinski definition) is 1. The number of fused-ring (bicyclic) bond motifs is 2. The standard InChI is InChI=1S/C29H46O3S/c30-29(31)19-13-6-5-12-18-25-26(28-21-20-27(25)32-28)23-33-22-14-7-3-1-2-4-9-15-24-16-10-8-11-17-24/h5,12,24-28H,1-2,4,6,8-11,13-23H2,(H,30,31)/b12-5-/t25-,26-,27-,28+/m1/s1. The van der Waals surface area contributed by atoms with Gasteiger partial charge in [0.2, 0.25) is 0 Å². The minimum Gasteiger partial charge on any atom is -0.481 e. The van der Waals surface area contributed by atoms with Crippen molar-refractivity contribution >= 4 is 17.7 Å². The number of carboxylic acids is 1. The highest BCUT2D eigenvalue weighted by Gasteiger charge is 2.47. The maximum atomic E-state index is 10.6. The molecule has 3 aliphatic rings. The summed E-state index contributed by atoms with van der Waals surface area (Å²) in [5.74, 6) is 10.8. The summed E-state index contributed by atoms with van der Waals surface area (Å²) in [5, 5.41) is 8.73. The number of thioether (sulfide) groups is 1. The van der Waals surface area contributed by atoms with Crippen molar-refractivity contribution in [3.63, 3.8) is 0 Å². The first kappa shape index (κ1) is 26.7. The van der Waals surface area contributed by atoms with E-state index in [-0.39, 0.29) is 6.42 Å². The maximum absolute atomic E-state index is 10.6. The van der Waals surface area contributed by atoms with Gasteiger partial charge in [-0.2, -0.15) is 11.8 Å². The highest BCUT2D eigenvalue weighted by Crippen LogP contribution is 2.46. The molecule has 33 heavy (non-hydrogen) atoms. The van der Waals surface area contributed by atoms with Gasteiger partial charge in [-0.15, -0.1) is 11.8 Å². The van der Waals surface area contributed by atoms with E-state index >= 15 is 0 Å². The molecule has 0 amide bonds. The Balaban J connectivity index is 1.20. The zero-order chi connectivity index (χ0) is 23.1. The minimum absolute atomic E-state index is 0.268. The first-order valence-corrected chi connectivity index (χ1v) is 14.9. The quantitative estimate of drug-likeness (QED) is 0.150.